The molecule has 0 radical (unpaired) electrons. The average Bonchev–Trinajstić information content (AvgIpc) is 2.84. The lowest BCUT2D eigenvalue weighted by atomic mass is 10.1. The molecule has 1 aliphatic heterocycles. The molecular weight excluding hydrogens is 376 g/mol. The van der Waals surface area contributed by atoms with Gasteiger partial charge in [-0.3, -0.25) is 14.4 Å². The van der Waals surface area contributed by atoms with Gasteiger partial charge >= 0.3 is 5.97 Å². The number of imide groups is 1. The smallest absolute Gasteiger partial charge is 0.324 e. The fraction of sp³-hybridized carbons (Fsp3) is 0.118. The normalized spacial score (nSPS) is 16.0. The molecule has 1 heterocycles. The number of benzene rings is 2. The summed E-state index contributed by atoms with van der Waals surface area (Å²) in [6.45, 7) is 0. The zero-order valence-electron chi connectivity index (χ0n) is 12.3. The average molecular weight is 389 g/mol. The Kier molecular flexibility index (Phi) is 4.46. The lowest BCUT2D eigenvalue weighted by Crippen LogP contribution is -2.52. The fourth-order valence-electron chi connectivity index (χ4n) is 2.52. The SMILES string of the molecule is O=C(O)C(NN1C(=O)c2ccccc2C1=O)C(Br)c1ccccc1. The number of hydrazine groups is 1. The number of halogens is 1. The highest BCUT2D eigenvalue weighted by Gasteiger charge is 2.39. The van der Waals surface area contributed by atoms with E-state index in [1.165, 1.54) is 12.1 Å². The number of aliphatic carboxylic acids is 1. The van der Waals surface area contributed by atoms with Crippen molar-refractivity contribution in [1.29, 1.82) is 0 Å². The highest BCUT2D eigenvalue weighted by Crippen LogP contribution is 2.28. The Balaban J connectivity index is 1.87. The van der Waals surface area contributed by atoms with Crippen LogP contribution < -0.4 is 5.43 Å². The second kappa shape index (κ2) is 6.54. The number of alkyl halides is 1. The Morgan fingerprint density at radius 2 is 1.46 bits per heavy atom. The molecule has 6 nitrogen and oxygen atoms in total. The van der Waals surface area contributed by atoms with Crippen LogP contribution in [0.15, 0.2) is 54.6 Å². The molecule has 1 aliphatic rings. The molecule has 24 heavy (non-hydrogen) atoms. The largest absolute Gasteiger partial charge is 0.480 e. The minimum absolute atomic E-state index is 0.255. The number of carbonyl (C=O) groups excluding carboxylic acids is 2. The maximum absolute atomic E-state index is 12.4. The number of carboxylic acids is 1. The molecular formula is C17H13BrN2O4. The van der Waals surface area contributed by atoms with Crippen molar-refractivity contribution in [1.82, 2.24) is 10.4 Å². The van der Waals surface area contributed by atoms with Gasteiger partial charge in [0.2, 0.25) is 0 Å². The van der Waals surface area contributed by atoms with Gasteiger partial charge in [0.25, 0.3) is 11.8 Å². The molecule has 2 N–H and O–H groups in total. The molecule has 0 aliphatic carbocycles. The minimum Gasteiger partial charge on any atom is -0.480 e. The standard InChI is InChI=1S/C17H13BrN2O4/c18-13(10-6-2-1-3-7-10)14(17(23)24)19-20-15(21)11-8-4-5-9-12(11)16(20)22/h1-9,13-14,19H,(H,23,24). The number of hydrogen-bond donors (Lipinski definition) is 2. The molecule has 0 spiro atoms. The number of fused-ring (bicyclic) bond motifs is 1. The Morgan fingerprint density at radius 1 is 0.958 bits per heavy atom. The fourth-order valence-corrected chi connectivity index (χ4v) is 3.17. The first-order chi connectivity index (χ1) is 11.5. The van der Waals surface area contributed by atoms with Gasteiger partial charge in [-0.1, -0.05) is 58.4 Å². The zero-order valence-corrected chi connectivity index (χ0v) is 13.9. The van der Waals surface area contributed by atoms with Crippen LogP contribution in [0.5, 0.6) is 0 Å². The van der Waals surface area contributed by atoms with Crippen LogP contribution in [0.2, 0.25) is 0 Å². The van der Waals surface area contributed by atoms with Crippen molar-refractivity contribution in [3.63, 3.8) is 0 Å². The predicted octanol–water partition coefficient (Wildman–Crippen LogP) is 2.38. The summed E-state index contributed by atoms with van der Waals surface area (Å²) in [6, 6.07) is 14.1. The first-order valence-corrected chi connectivity index (χ1v) is 8.08. The van der Waals surface area contributed by atoms with E-state index >= 15 is 0 Å². The van der Waals surface area contributed by atoms with Crippen LogP contribution in [-0.4, -0.2) is 33.9 Å². The monoisotopic (exact) mass is 388 g/mol. The molecule has 2 atom stereocenters. The van der Waals surface area contributed by atoms with E-state index in [-0.39, 0.29) is 11.1 Å². The van der Waals surface area contributed by atoms with Crippen LogP contribution in [0, 0.1) is 0 Å². The summed E-state index contributed by atoms with van der Waals surface area (Å²) in [7, 11) is 0. The molecule has 0 aromatic heterocycles. The molecule has 122 valence electrons. The number of nitrogens with one attached hydrogen (secondary N) is 1. The van der Waals surface area contributed by atoms with E-state index in [1.54, 1.807) is 36.4 Å². The second-order valence-corrected chi connectivity index (χ2v) is 6.24. The quantitative estimate of drug-likeness (QED) is 0.606. The highest BCUT2D eigenvalue weighted by molar-refractivity contribution is 9.09. The molecule has 0 bridgehead atoms. The lowest BCUT2D eigenvalue weighted by molar-refractivity contribution is -0.140. The summed E-state index contributed by atoms with van der Waals surface area (Å²) < 4.78 is 0. The lowest BCUT2D eigenvalue weighted by Gasteiger charge is -2.25. The highest BCUT2D eigenvalue weighted by atomic mass is 79.9. The third kappa shape index (κ3) is 2.83. The molecule has 2 aromatic rings. The summed E-state index contributed by atoms with van der Waals surface area (Å²) in [5.41, 5.74) is 3.77. The van der Waals surface area contributed by atoms with Gasteiger partial charge in [-0.15, -0.1) is 0 Å². The van der Waals surface area contributed by atoms with E-state index in [9.17, 15) is 19.5 Å². The van der Waals surface area contributed by atoms with Gasteiger partial charge < -0.3 is 5.11 Å². The molecule has 7 heteroatoms. The van der Waals surface area contributed by atoms with Gasteiger partial charge in [-0.25, -0.2) is 10.4 Å². The Morgan fingerprint density at radius 3 is 1.96 bits per heavy atom. The van der Waals surface area contributed by atoms with E-state index < -0.39 is 28.7 Å². The van der Waals surface area contributed by atoms with Gasteiger partial charge in [-0.05, 0) is 17.7 Å². The molecule has 2 amide bonds. The van der Waals surface area contributed by atoms with Gasteiger partial charge in [0.1, 0.15) is 6.04 Å². The van der Waals surface area contributed by atoms with Gasteiger partial charge in [-0.2, -0.15) is 0 Å². The first kappa shape index (κ1) is 16.4. The molecule has 0 saturated heterocycles. The predicted molar refractivity (Wildman–Crippen MR) is 89.6 cm³/mol. The number of carboxylic acid groups (broad SMARTS) is 1. The van der Waals surface area contributed by atoms with Crippen molar-refractivity contribution in [2.24, 2.45) is 0 Å². The number of hydrogen-bond acceptors (Lipinski definition) is 4. The van der Waals surface area contributed by atoms with Crippen LogP contribution in [0.3, 0.4) is 0 Å². The van der Waals surface area contributed by atoms with E-state index in [0.29, 0.717) is 5.56 Å². The van der Waals surface area contributed by atoms with Crippen molar-refractivity contribution < 1.29 is 19.5 Å². The van der Waals surface area contributed by atoms with E-state index in [2.05, 4.69) is 21.4 Å². The van der Waals surface area contributed by atoms with Crippen LogP contribution in [0.1, 0.15) is 31.1 Å². The van der Waals surface area contributed by atoms with Crippen molar-refractivity contribution in [2.75, 3.05) is 0 Å². The number of nitrogens with zero attached hydrogens (tertiary/aromatic N) is 1. The zero-order chi connectivity index (χ0) is 17.3. The summed E-state index contributed by atoms with van der Waals surface area (Å²) in [5.74, 6) is -2.30. The van der Waals surface area contributed by atoms with Crippen LogP contribution >= 0.6 is 15.9 Å². The van der Waals surface area contributed by atoms with Crippen LogP contribution in [-0.2, 0) is 4.79 Å². The molecule has 2 unspecified atom stereocenters. The van der Waals surface area contributed by atoms with Gasteiger partial charge in [0.15, 0.2) is 0 Å². The van der Waals surface area contributed by atoms with Gasteiger partial charge in [0, 0.05) is 0 Å². The summed E-state index contributed by atoms with van der Waals surface area (Å²) in [6.07, 6.45) is 0. The maximum atomic E-state index is 12.4. The van der Waals surface area contributed by atoms with Crippen molar-refractivity contribution in [3.8, 4) is 0 Å². The molecule has 0 fully saturated rings. The van der Waals surface area contributed by atoms with Crippen molar-refractivity contribution in [2.45, 2.75) is 10.9 Å². The number of amides is 2. The Hall–Kier alpha value is -2.51. The third-order valence-corrected chi connectivity index (χ3v) is 4.80. The second-order valence-electron chi connectivity index (χ2n) is 5.25. The van der Waals surface area contributed by atoms with E-state index in [0.717, 1.165) is 5.01 Å². The van der Waals surface area contributed by atoms with E-state index in [1.807, 2.05) is 6.07 Å². The van der Waals surface area contributed by atoms with Gasteiger partial charge in [0.05, 0.1) is 16.0 Å². The van der Waals surface area contributed by atoms with Crippen LogP contribution in [0.25, 0.3) is 0 Å². The third-order valence-electron chi connectivity index (χ3n) is 3.74. The van der Waals surface area contributed by atoms with Crippen molar-refractivity contribution >= 4 is 33.7 Å². The topological polar surface area (TPSA) is 86.7 Å². The van der Waals surface area contributed by atoms with Crippen LogP contribution in [0.4, 0.5) is 0 Å². The minimum atomic E-state index is -1.20. The number of rotatable bonds is 5. The Labute approximate surface area is 146 Å². The maximum Gasteiger partial charge on any atom is 0.324 e. The molecule has 0 saturated carbocycles. The summed E-state index contributed by atoms with van der Waals surface area (Å²) in [5, 5.41) is 10.3. The van der Waals surface area contributed by atoms with E-state index in [4.69, 9.17) is 0 Å². The number of carbonyl (C=O) groups is 3. The van der Waals surface area contributed by atoms with Crippen molar-refractivity contribution in [3.05, 3.63) is 71.3 Å². The summed E-state index contributed by atoms with van der Waals surface area (Å²) in [4.78, 5) is 35.7. The first-order valence-electron chi connectivity index (χ1n) is 7.16. The summed E-state index contributed by atoms with van der Waals surface area (Å²) >= 11 is 3.34. The molecule has 3 rings (SSSR count). The Bertz CT molecular complexity index is 774. The molecule has 2 aromatic carbocycles.